The Balaban J connectivity index is 1.72. The summed E-state index contributed by atoms with van der Waals surface area (Å²) in [5.41, 5.74) is 9.21. The molecule has 0 amide bonds. The number of hydrogen-bond donors (Lipinski definition) is 3. The molecule has 1 atom stereocenters. The zero-order valence-electron chi connectivity index (χ0n) is 16.3. The van der Waals surface area contributed by atoms with Crippen molar-refractivity contribution >= 4 is 16.7 Å². The van der Waals surface area contributed by atoms with Gasteiger partial charge < -0.3 is 20.9 Å². The van der Waals surface area contributed by atoms with E-state index in [1.807, 2.05) is 35.1 Å². The molecular weight excluding hydrogens is 354 g/mol. The third kappa shape index (κ3) is 3.95. The summed E-state index contributed by atoms with van der Waals surface area (Å²) >= 11 is 0. The lowest BCUT2D eigenvalue weighted by Crippen LogP contribution is -2.26. The fraction of sp³-hybridized carbons (Fsp3) is 0.429. The summed E-state index contributed by atoms with van der Waals surface area (Å²) in [6.45, 7) is 4.55. The summed E-state index contributed by atoms with van der Waals surface area (Å²) in [6.07, 6.45) is 3.62. The van der Waals surface area contributed by atoms with Crippen LogP contribution in [-0.2, 0) is 0 Å². The second-order valence-corrected chi connectivity index (χ2v) is 7.62. The van der Waals surface area contributed by atoms with E-state index in [4.69, 9.17) is 15.5 Å². The van der Waals surface area contributed by atoms with Gasteiger partial charge in [0.2, 0.25) is 0 Å². The summed E-state index contributed by atoms with van der Waals surface area (Å²) in [6, 6.07) is 10.6. The average Bonchev–Trinajstić information content (AvgIpc) is 3.40. The van der Waals surface area contributed by atoms with E-state index < -0.39 is 6.10 Å². The molecule has 0 aliphatic heterocycles. The van der Waals surface area contributed by atoms with Crippen molar-refractivity contribution in [1.29, 1.82) is 0 Å². The van der Waals surface area contributed by atoms with E-state index in [9.17, 15) is 5.11 Å². The number of rotatable bonds is 8. The van der Waals surface area contributed by atoms with Gasteiger partial charge in [-0.2, -0.15) is 5.10 Å². The van der Waals surface area contributed by atoms with Crippen molar-refractivity contribution in [3.05, 3.63) is 36.5 Å². The molecule has 1 aromatic carbocycles. The number of hydrogen-bond acceptors (Lipinski definition) is 6. The summed E-state index contributed by atoms with van der Waals surface area (Å²) in [5, 5.41) is 18.8. The SMILES string of the molecule is CC(C)n1ncc2c(NC3CC3)cc(-c3cccc(OCC(O)CN)c3)nc21. The summed E-state index contributed by atoms with van der Waals surface area (Å²) in [5.74, 6) is 0.681. The Morgan fingerprint density at radius 3 is 2.86 bits per heavy atom. The lowest BCUT2D eigenvalue weighted by Gasteiger charge is -2.13. The molecule has 1 saturated carbocycles. The molecule has 1 fully saturated rings. The highest BCUT2D eigenvalue weighted by Crippen LogP contribution is 2.34. The second-order valence-electron chi connectivity index (χ2n) is 7.62. The molecule has 2 heterocycles. The van der Waals surface area contributed by atoms with Crippen LogP contribution in [0, 0.1) is 0 Å². The Hall–Kier alpha value is -2.64. The van der Waals surface area contributed by atoms with Gasteiger partial charge in [0.1, 0.15) is 18.5 Å². The Kier molecular flexibility index (Phi) is 5.19. The van der Waals surface area contributed by atoms with Crippen LogP contribution in [0.4, 0.5) is 5.69 Å². The molecule has 0 saturated heterocycles. The zero-order valence-corrected chi connectivity index (χ0v) is 16.3. The van der Waals surface area contributed by atoms with Crippen LogP contribution in [0.3, 0.4) is 0 Å². The number of ether oxygens (including phenoxy) is 1. The number of aromatic nitrogens is 3. The molecule has 4 rings (SSSR count). The summed E-state index contributed by atoms with van der Waals surface area (Å²) in [4.78, 5) is 4.90. The molecular formula is C21H27N5O2. The fourth-order valence-corrected chi connectivity index (χ4v) is 3.12. The normalized spacial score (nSPS) is 15.2. The smallest absolute Gasteiger partial charge is 0.160 e. The van der Waals surface area contributed by atoms with Gasteiger partial charge in [-0.1, -0.05) is 12.1 Å². The van der Waals surface area contributed by atoms with Crippen molar-refractivity contribution < 1.29 is 9.84 Å². The zero-order chi connectivity index (χ0) is 19.7. The molecule has 7 nitrogen and oxygen atoms in total. The van der Waals surface area contributed by atoms with Crippen LogP contribution < -0.4 is 15.8 Å². The molecule has 1 aliphatic rings. The van der Waals surface area contributed by atoms with Crippen LogP contribution in [0.15, 0.2) is 36.5 Å². The highest BCUT2D eigenvalue weighted by molar-refractivity contribution is 5.92. The topological polar surface area (TPSA) is 98.2 Å². The van der Waals surface area contributed by atoms with Gasteiger partial charge in [0, 0.05) is 29.9 Å². The van der Waals surface area contributed by atoms with Gasteiger partial charge in [0.15, 0.2) is 5.65 Å². The molecule has 148 valence electrons. The maximum absolute atomic E-state index is 9.63. The van der Waals surface area contributed by atoms with E-state index in [-0.39, 0.29) is 19.2 Å². The quantitative estimate of drug-likeness (QED) is 0.555. The van der Waals surface area contributed by atoms with Crippen LogP contribution in [0.1, 0.15) is 32.7 Å². The molecule has 3 aromatic rings. The third-order valence-corrected chi connectivity index (χ3v) is 4.84. The first-order valence-electron chi connectivity index (χ1n) is 9.81. The molecule has 2 aromatic heterocycles. The van der Waals surface area contributed by atoms with E-state index in [1.54, 1.807) is 0 Å². The van der Waals surface area contributed by atoms with E-state index in [2.05, 4.69) is 30.3 Å². The number of aliphatic hydroxyl groups excluding tert-OH is 1. The first kappa shape index (κ1) is 18.7. The number of pyridine rings is 1. The van der Waals surface area contributed by atoms with Gasteiger partial charge >= 0.3 is 0 Å². The number of benzene rings is 1. The Morgan fingerprint density at radius 1 is 1.32 bits per heavy atom. The monoisotopic (exact) mass is 381 g/mol. The van der Waals surface area contributed by atoms with Crippen LogP contribution in [0.25, 0.3) is 22.3 Å². The lowest BCUT2D eigenvalue weighted by atomic mass is 10.1. The lowest BCUT2D eigenvalue weighted by molar-refractivity contribution is 0.114. The van der Waals surface area contributed by atoms with Gasteiger partial charge in [0.25, 0.3) is 0 Å². The van der Waals surface area contributed by atoms with Crippen molar-refractivity contribution in [2.24, 2.45) is 5.73 Å². The first-order valence-corrected chi connectivity index (χ1v) is 9.81. The maximum atomic E-state index is 9.63. The molecule has 0 spiro atoms. The van der Waals surface area contributed by atoms with E-state index in [1.165, 1.54) is 12.8 Å². The standard InChI is InChI=1S/C21H27N5O2/c1-13(2)26-21-18(11-23-26)20(24-15-6-7-15)9-19(25-21)14-4-3-5-17(8-14)28-12-16(27)10-22/h3-5,8-9,11,13,15-16,27H,6-7,10,12,22H2,1-2H3,(H,24,25). The van der Waals surface area contributed by atoms with E-state index in [0.29, 0.717) is 11.8 Å². The molecule has 7 heteroatoms. The van der Waals surface area contributed by atoms with Crippen molar-refractivity contribution in [3.63, 3.8) is 0 Å². The van der Waals surface area contributed by atoms with Crippen molar-refractivity contribution in [1.82, 2.24) is 14.8 Å². The second kappa shape index (κ2) is 7.77. The fourth-order valence-electron chi connectivity index (χ4n) is 3.12. The third-order valence-electron chi connectivity index (χ3n) is 4.84. The summed E-state index contributed by atoms with van der Waals surface area (Å²) < 4.78 is 7.62. The molecule has 1 unspecified atom stereocenters. The minimum absolute atomic E-state index is 0.168. The summed E-state index contributed by atoms with van der Waals surface area (Å²) in [7, 11) is 0. The largest absolute Gasteiger partial charge is 0.491 e. The Bertz CT molecular complexity index is 965. The van der Waals surface area contributed by atoms with Gasteiger partial charge in [-0.15, -0.1) is 0 Å². The number of aliphatic hydroxyl groups is 1. The van der Waals surface area contributed by atoms with Crippen LogP contribution in [-0.4, -0.2) is 45.2 Å². The Morgan fingerprint density at radius 2 is 2.14 bits per heavy atom. The highest BCUT2D eigenvalue weighted by atomic mass is 16.5. The van der Waals surface area contributed by atoms with Gasteiger partial charge in [0.05, 0.1) is 17.3 Å². The first-order chi connectivity index (χ1) is 13.5. The van der Waals surface area contributed by atoms with Crippen LogP contribution >= 0.6 is 0 Å². The number of nitrogens with zero attached hydrogens (tertiary/aromatic N) is 3. The minimum atomic E-state index is -0.673. The Labute approximate surface area is 164 Å². The van der Waals surface area contributed by atoms with Crippen molar-refractivity contribution in [3.8, 4) is 17.0 Å². The average molecular weight is 381 g/mol. The van der Waals surface area contributed by atoms with Gasteiger partial charge in [-0.25, -0.2) is 9.67 Å². The predicted octanol–water partition coefficient (Wildman–Crippen LogP) is 2.95. The highest BCUT2D eigenvalue weighted by Gasteiger charge is 2.23. The number of anilines is 1. The molecule has 4 N–H and O–H groups in total. The number of fused-ring (bicyclic) bond motifs is 1. The van der Waals surface area contributed by atoms with E-state index in [0.717, 1.165) is 28.0 Å². The van der Waals surface area contributed by atoms with Crippen LogP contribution in [0.2, 0.25) is 0 Å². The van der Waals surface area contributed by atoms with Gasteiger partial charge in [-0.3, -0.25) is 0 Å². The molecule has 0 radical (unpaired) electrons. The van der Waals surface area contributed by atoms with Crippen molar-refractivity contribution in [2.75, 3.05) is 18.5 Å². The number of nitrogens with two attached hydrogens (primary N) is 1. The number of nitrogens with one attached hydrogen (secondary N) is 1. The molecule has 1 aliphatic carbocycles. The predicted molar refractivity (Wildman–Crippen MR) is 111 cm³/mol. The maximum Gasteiger partial charge on any atom is 0.160 e. The minimum Gasteiger partial charge on any atom is -0.491 e. The molecule has 28 heavy (non-hydrogen) atoms. The van der Waals surface area contributed by atoms with Crippen molar-refractivity contribution in [2.45, 2.75) is 44.9 Å². The molecule has 0 bridgehead atoms. The van der Waals surface area contributed by atoms with Crippen LogP contribution in [0.5, 0.6) is 5.75 Å². The van der Waals surface area contributed by atoms with E-state index >= 15 is 0 Å². The van der Waals surface area contributed by atoms with Gasteiger partial charge in [-0.05, 0) is 44.9 Å².